The molecule has 0 aliphatic heterocycles. The number of hydrogen-bond acceptors (Lipinski definition) is 3. The van der Waals surface area contributed by atoms with Crippen molar-refractivity contribution in [2.75, 3.05) is 5.32 Å². The lowest BCUT2D eigenvalue weighted by Crippen LogP contribution is -2.28. The summed E-state index contributed by atoms with van der Waals surface area (Å²) in [5, 5.41) is 19.1. The number of carbonyl (C=O) groups excluding carboxylic acids is 1. The average molecular weight is 322 g/mol. The maximum absolute atomic E-state index is 12.0. The van der Waals surface area contributed by atoms with Crippen molar-refractivity contribution < 1.29 is 9.90 Å². The molecule has 0 radical (unpaired) electrons. The van der Waals surface area contributed by atoms with Gasteiger partial charge in [-0.15, -0.1) is 5.10 Å². The molecule has 0 unspecified atom stereocenters. The molecule has 3 N–H and O–H groups in total. The van der Waals surface area contributed by atoms with Crippen LogP contribution in [-0.4, -0.2) is 20.9 Å². The van der Waals surface area contributed by atoms with Crippen molar-refractivity contribution in [3.05, 3.63) is 78.0 Å². The summed E-state index contributed by atoms with van der Waals surface area (Å²) in [6.07, 6.45) is 1.78. The third-order valence-electron chi connectivity index (χ3n) is 3.58. The fourth-order valence-corrected chi connectivity index (χ4v) is 2.34. The molecule has 0 aliphatic carbocycles. The largest absolute Gasteiger partial charge is 0.392 e. The normalized spacial score (nSPS) is 10.4. The Morgan fingerprint density at radius 2 is 1.71 bits per heavy atom. The van der Waals surface area contributed by atoms with Gasteiger partial charge in [0.1, 0.15) is 0 Å². The molecule has 3 rings (SSSR count). The maximum atomic E-state index is 12.0. The number of nitrogens with zero attached hydrogens (tertiary/aromatic N) is 2. The number of nitrogens with one attached hydrogen (secondary N) is 2. The van der Waals surface area contributed by atoms with Crippen molar-refractivity contribution in [2.24, 2.45) is 0 Å². The van der Waals surface area contributed by atoms with E-state index in [4.69, 9.17) is 0 Å². The first-order chi connectivity index (χ1) is 11.8. The average Bonchev–Trinajstić information content (AvgIpc) is 3.09. The van der Waals surface area contributed by atoms with E-state index >= 15 is 0 Å². The molecule has 1 heterocycles. The minimum absolute atomic E-state index is 0.0546. The van der Waals surface area contributed by atoms with Gasteiger partial charge in [0, 0.05) is 18.8 Å². The summed E-state index contributed by atoms with van der Waals surface area (Å²) in [6, 6.07) is 18.5. The van der Waals surface area contributed by atoms with Crippen LogP contribution >= 0.6 is 0 Å². The second kappa shape index (κ2) is 7.43. The molecule has 0 bridgehead atoms. The lowest BCUT2D eigenvalue weighted by Gasteiger charge is -2.09. The van der Waals surface area contributed by atoms with Gasteiger partial charge in [-0.3, -0.25) is 5.32 Å². The minimum atomic E-state index is -0.346. The van der Waals surface area contributed by atoms with E-state index in [9.17, 15) is 9.90 Å². The van der Waals surface area contributed by atoms with Gasteiger partial charge in [0.25, 0.3) is 0 Å². The van der Waals surface area contributed by atoms with Gasteiger partial charge in [0.2, 0.25) is 0 Å². The summed E-state index contributed by atoms with van der Waals surface area (Å²) in [6.45, 7) is 0.281. The minimum Gasteiger partial charge on any atom is -0.392 e. The molecule has 3 aromatic rings. The van der Waals surface area contributed by atoms with Crippen LogP contribution in [0.25, 0.3) is 5.69 Å². The van der Waals surface area contributed by atoms with Crippen LogP contribution < -0.4 is 10.6 Å². The molecule has 0 saturated carbocycles. The van der Waals surface area contributed by atoms with Crippen LogP contribution in [0.3, 0.4) is 0 Å². The van der Waals surface area contributed by atoms with Crippen LogP contribution in [0.15, 0.2) is 66.9 Å². The molecule has 122 valence electrons. The Kier molecular flexibility index (Phi) is 4.88. The third-order valence-corrected chi connectivity index (χ3v) is 3.58. The molecule has 6 heteroatoms. The Hall–Kier alpha value is -3.12. The van der Waals surface area contributed by atoms with Crippen molar-refractivity contribution in [3.8, 4) is 5.69 Å². The number of amides is 2. The van der Waals surface area contributed by atoms with Gasteiger partial charge in [-0.05, 0) is 23.3 Å². The number of carbonyl (C=O) groups is 1. The van der Waals surface area contributed by atoms with E-state index < -0.39 is 0 Å². The van der Waals surface area contributed by atoms with Crippen molar-refractivity contribution >= 4 is 11.8 Å². The molecule has 6 nitrogen and oxygen atoms in total. The fraction of sp³-hybridized carbons (Fsp3) is 0.111. The van der Waals surface area contributed by atoms with Gasteiger partial charge in [-0.25, -0.2) is 9.48 Å². The zero-order valence-corrected chi connectivity index (χ0v) is 13.0. The second-order valence-electron chi connectivity index (χ2n) is 5.22. The monoisotopic (exact) mass is 322 g/mol. The first-order valence-corrected chi connectivity index (χ1v) is 7.60. The molecule has 0 atom stereocenters. The van der Waals surface area contributed by atoms with Crippen LogP contribution in [0.2, 0.25) is 0 Å². The Bertz CT molecular complexity index is 815. The van der Waals surface area contributed by atoms with Crippen LogP contribution in [0.1, 0.15) is 11.1 Å². The molecule has 0 saturated heterocycles. The first-order valence-electron chi connectivity index (χ1n) is 7.60. The maximum Gasteiger partial charge on any atom is 0.320 e. The third kappa shape index (κ3) is 3.80. The molecular weight excluding hydrogens is 304 g/mol. The number of rotatable bonds is 5. The highest BCUT2D eigenvalue weighted by Gasteiger charge is 2.07. The number of para-hydroxylation sites is 1. The number of aliphatic hydroxyl groups excluding tert-OH is 1. The lowest BCUT2D eigenvalue weighted by molar-refractivity contribution is 0.251. The number of hydrogen-bond donors (Lipinski definition) is 3. The summed E-state index contributed by atoms with van der Waals surface area (Å²) >= 11 is 0. The predicted octanol–water partition coefficient (Wildman–Crippen LogP) is 2.69. The van der Waals surface area contributed by atoms with Crippen molar-refractivity contribution in [1.82, 2.24) is 15.1 Å². The van der Waals surface area contributed by atoms with E-state index in [0.29, 0.717) is 12.4 Å². The van der Waals surface area contributed by atoms with Gasteiger partial charge in [0.05, 0.1) is 12.3 Å². The summed E-state index contributed by atoms with van der Waals surface area (Å²) in [5.74, 6) is 0.465. The van der Waals surface area contributed by atoms with Crippen LogP contribution in [-0.2, 0) is 13.2 Å². The lowest BCUT2D eigenvalue weighted by atomic mass is 10.1. The molecule has 2 aromatic carbocycles. The zero-order valence-electron chi connectivity index (χ0n) is 13.0. The van der Waals surface area contributed by atoms with Crippen molar-refractivity contribution in [1.29, 1.82) is 0 Å². The Morgan fingerprint density at radius 1 is 1.00 bits per heavy atom. The van der Waals surface area contributed by atoms with E-state index in [1.807, 2.05) is 54.6 Å². The van der Waals surface area contributed by atoms with Gasteiger partial charge in [-0.1, -0.05) is 42.5 Å². The summed E-state index contributed by atoms with van der Waals surface area (Å²) in [7, 11) is 0. The number of aromatic nitrogens is 2. The highest BCUT2D eigenvalue weighted by Crippen LogP contribution is 2.10. The van der Waals surface area contributed by atoms with E-state index in [0.717, 1.165) is 16.8 Å². The molecule has 2 amide bonds. The smallest absolute Gasteiger partial charge is 0.320 e. The van der Waals surface area contributed by atoms with Crippen LogP contribution in [0.5, 0.6) is 0 Å². The van der Waals surface area contributed by atoms with E-state index in [2.05, 4.69) is 15.7 Å². The highest BCUT2D eigenvalue weighted by atomic mass is 16.3. The summed E-state index contributed by atoms with van der Waals surface area (Å²) < 4.78 is 1.69. The fourth-order valence-electron chi connectivity index (χ4n) is 2.34. The molecule has 24 heavy (non-hydrogen) atoms. The zero-order chi connectivity index (χ0) is 16.8. The van der Waals surface area contributed by atoms with Gasteiger partial charge in [-0.2, -0.15) is 0 Å². The van der Waals surface area contributed by atoms with E-state index in [1.54, 1.807) is 16.9 Å². The molecule has 0 spiro atoms. The quantitative estimate of drug-likeness (QED) is 0.676. The summed E-state index contributed by atoms with van der Waals surface area (Å²) in [4.78, 5) is 12.0. The number of benzene rings is 2. The van der Waals surface area contributed by atoms with Gasteiger partial charge < -0.3 is 10.4 Å². The number of urea groups is 1. The van der Waals surface area contributed by atoms with Gasteiger partial charge >= 0.3 is 6.03 Å². The van der Waals surface area contributed by atoms with E-state index in [-0.39, 0.29) is 12.6 Å². The van der Waals surface area contributed by atoms with Crippen LogP contribution in [0.4, 0.5) is 10.6 Å². The number of anilines is 1. The standard InChI is InChI=1S/C18H18N4O2/c23-13-15-7-5-4-6-14(15)12-19-18(24)20-17-10-11-22(21-17)16-8-2-1-3-9-16/h1-11,23H,12-13H2,(H2,19,20,21,24). The first kappa shape index (κ1) is 15.8. The highest BCUT2D eigenvalue weighted by molar-refractivity contribution is 5.88. The SMILES string of the molecule is O=C(NCc1ccccc1CO)Nc1ccn(-c2ccccc2)n1. The molecular formula is C18H18N4O2. The summed E-state index contributed by atoms with van der Waals surface area (Å²) in [5.41, 5.74) is 2.60. The Labute approximate surface area is 139 Å². The molecule has 0 aliphatic rings. The van der Waals surface area contributed by atoms with Gasteiger partial charge in [0.15, 0.2) is 5.82 Å². The number of aliphatic hydroxyl groups is 1. The Morgan fingerprint density at radius 3 is 2.46 bits per heavy atom. The van der Waals surface area contributed by atoms with E-state index in [1.165, 1.54) is 0 Å². The van der Waals surface area contributed by atoms with Crippen molar-refractivity contribution in [3.63, 3.8) is 0 Å². The topological polar surface area (TPSA) is 79.2 Å². The second-order valence-corrected chi connectivity index (χ2v) is 5.22. The molecule has 0 fully saturated rings. The molecule has 1 aromatic heterocycles. The predicted molar refractivity (Wildman–Crippen MR) is 91.8 cm³/mol. The Balaban J connectivity index is 1.58. The van der Waals surface area contributed by atoms with Crippen molar-refractivity contribution in [2.45, 2.75) is 13.2 Å². The van der Waals surface area contributed by atoms with Crippen LogP contribution in [0, 0.1) is 0 Å².